The Hall–Kier alpha value is -1.26. The molecule has 1 rings (SSSR count). The van der Waals surface area contributed by atoms with Crippen LogP contribution >= 0.6 is 0 Å². The van der Waals surface area contributed by atoms with Crippen molar-refractivity contribution in [3.8, 4) is 11.5 Å². The predicted octanol–water partition coefficient (Wildman–Crippen LogP) is 2.39. The molecule has 0 aromatic heterocycles. The van der Waals surface area contributed by atoms with E-state index in [2.05, 4.69) is 13.8 Å². The molecule has 0 radical (unpaired) electrons. The molecule has 0 fully saturated rings. The van der Waals surface area contributed by atoms with Crippen molar-refractivity contribution in [1.29, 1.82) is 0 Å². The van der Waals surface area contributed by atoms with Gasteiger partial charge in [-0.05, 0) is 43.0 Å². The minimum Gasteiger partial charge on any atom is -0.496 e. The van der Waals surface area contributed by atoms with Crippen LogP contribution in [0.25, 0.3) is 0 Å². The third-order valence-corrected chi connectivity index (χ3v) is 3.47. The Bertz CT molecular complexity index is 430. The van der Waals surface area contributed by atoms with Crippen LogP contribution in [0, 0.1) is 12.3 Å². The quantitative estimate of drug-likeness (QED) is 0.829. The highest BCUT2D eigenvalue weighted by Gasteiger charge is 2.23. The summed E-state index contributed by atoms with van der Waals surface area (Å²) in [5.41, 5.74) is 14.1. The molecule has 0 bridgehead atoms. The van der Waals surface area contributed by atoms with Crippen molar-refractivity contribution in [2.75, 3.05) is 20.8 Å². The first-order valence-electron chi connectivity index (χ1n) is 6.53. The van der Waals surface area contributed by atoms with Gasteiger partial charge >= 0.3 is 0 Å². The lowest BCUT2D eigenvalue weighted by atomic mass is 9.83. The maximum Gasteiger partial charge on any atom is 0.124 e. The van der Waals surface area contributed by atoms with Gasteiger partial charge in [0.25, 0.3) is 0 Å². The van der Waals surface area contributed by atoms with Crippen molar-refractivity contribution < 1.29 is 9.47 Å². The molecule has 0 aliphatic carbocycles. The summed E-state index contributed by atoms with van der Waals surface area (Å²) in [5, 5.41) is 0. The molecular weight excluding hydrogens is 240 g/mol. The zero-order valence-electron chi connectivity index (χ0n) is 12.6. The van der Waals surface area contributed by atoms with Crippen molar-refractivity contribution in [1.82, 2.24) is 0 Å². The van der Waals surface area contributed by atoms with Crippen LogP contribution in [0.4, 0.5) is 0 Å². The monoisotopic (exact) mass is 266 g/mol. The van der Waals surface area contributed by atoms with E-state index >= 15 is 0 Å². The van der Waals surface area contributed by atoms with Crippen LogP contribution in [0.15, 0.2) is 12.1 Å². The van der Waals surface area contributed by atoms with E-state index in [-0.39, 0.29) is 11.5 Å². The molecule has 1 unspecified atom stereocenters. The Balaban J connectivity index is 3.10. The Morgan fingerprint density at radius 3 is 2.21 bits per heavy atom. The van der Waals surface area contributed by atoms with Gasteiger partial charge in [-0.2, -0.15) is 0 Å². The zero-order chi connectivity index (χ0) is 14.6. The van der Waals surface area contributed by atoms with E-state index in [1.54, 1.807) is 14.2 Å². The molecule has 0 amide bonds. The number of ether oxygens (including phenoxy) is 2. The van der Waals surface area contributed by atoms with E-state index in [9.17, 15) is 0 Å². The molecular formula is C15H26N2O2. The molecule has 0 aliphatic heterocycles. The maximum atomic E-state index is 6.32. The van der Waals surface area contributed by atoms with Crippen molar-refractivity contribution >= 4 is 0 Å². The number of nitrogens with two attached hydrogens (primary N) is 2. The number of methoxy groups -OCH3 is 2. The average Bonchev–Trinajstić information content (AvgIpc) is 2.37. The van der Waals surface area contributed by atoms with Gasteiger partial charge in [-0.1, -0.05) is 13.8 Å². The molecule has 4 nitrogen and oxygen atoms in total. The van der Waals surface area contributed by atoms with Crippen LogP contribution in [0.2, 0.25) is 0 Å². The molecule has 1 aromatic carbocycles. The topological polar surface area (TPSA) is 70.5 Å². The van der Waals surface area contributed by atoms with Gasteiger partial charge in [0, 0.05) is 11.6 Å². The van der Waals surface area contributed by atoms with Crippen molar-refractivity contribution in [3.63, 3.8) is 0 Å². The number of hydrogen-bond acceptors (Lipinski definition) is 4. The van der Waals surface area contributed by atoms with Crippen LogP contribution in [0.5, 0.6) is 11.5 Å². The summed E-state index contributed by atoms with van der Waals surface area (Å²) in [6.45, 7) is 6.82. The Morgan fingerprint density at radius 1 is 1.16 bits per heavy atom. The fourth-order valence-electron chi connectivity index (χ4n) is 2.15. The van der Waals surface area contributed by atoms with Gasteiger partial charge in [-0.15, -0.1) is 0 Å². The summed E-state index contributed by atoms with van der Waals surface area (Å²) in [6.07, 6.45) is 0.798. The van der Waals surface area contributed by atoms with Crippen LogP contribution in [0.1, 0.15) is 37.4 Å². The number of hydrogen-bond donors (Lipinski definition) is 2. The lowest BCUT2D eigenvalue weighted by molar-refractivity contribution is 0.311. The maximum absolute atomic E-state index is 6.32. The summed E-state index contributed by atoms with van der Waals surface area (Å²) in [7, 11) is 3.32. The highest BCUT2D eigenvalue weighted by Crippen LogP contribution is 2.36. The van der Waals surface area contributed by atoms with Gasteiger partial charge in [0.15, 0.2) is 0 Å². The molecule has 1 atom stereocenters. The number of benzene rings is 1. The van der Waals surface area contributed by atoms with Gasteiger partial charge in [-0.3, -0.25) is 0 Å². The third kappa shape index (κ3) is 3.85. The fourth-order valence-corrected chi connectivity index (χ4v) is 2.15. The molecule has 19 heavy (non-hydrogen) atoms. The molecule has 0 saturated heterocycles. The molecule has 4 N–H and O–H groups in total. The highest BCUT2D eigenvalue weighted by atomic mass is 16.5. The molecule has 0 aliphatic rings. The van der Waals surface area contributed by atoms with Crippen molar-refractivity contribution in [3.05, 3.63) is 23.3 Å². The fraction of sp³-hybridized carbons (Fsp3) is 0.600. The van der Waals surface area contributed by atoms with Gasteiger partial charge < -0.3 is 20.9 Å². The second-order valence-electron chi connectivity index (χ2n) is 5.74. The summed E-state index contributed by atoms with van der Waals surface area (Å²) in [6, 6.07) is 3.80. The summed E-state index contributed by atoms with van der Waals surface area (Å²) < 4.78 is 10.8. The first-order chi connectivity index (χ1) is 8.84. The summed E-state index contributed by atoms with van der Waals surface area (Å²) in [5.74, 6) is 1.63. The molecule has 4 heteroatoms. The average molecular weight is 266 g/mol. The van der Waals surface area contributed by atoms with Crippen LogP contribution in [-0.2, 0) is 0 Å². The van der Waals surface area contributed by atoms with Gasteiger partial charge in [0.05, 0.1) is 14.2 Å². The van der Waals surface area contributed by atoms with E-state index in [1.807, 2.05) is 19.1 Å². The highest BCUT2D eigenvalue weighted by molar-refractivity contribution is 5.47. The molecule has 0 heterocycles. The van der Waals surface area contributed by atoms with Gasteiger partial charge in [-0.25, -0.2) is 0 Å². The third-order valence-electron chi connectivity index (χ3n) is 3.47. The van der Waals surface area contributed by atoms with Crippen molar-refractivity contribution in [2.24, 2.45) is 16.9 Å². The first-order valence-corrected chi connectivity index (χ1v) is 6.53. The largest absolute Gasteiger partial charge is 0.496 e. The van der Waals surface area contributed by atoms with E-state index in [0.717, 1.165) is 29.0 Å². The molecule has 1 aromatic rings. The van der Waals surface area contributed by atoms with E-state index in [4.69, 9.17) is 20.9 Å². The van der Waals surface area contributed by atoms with Crippen molar-refractivity contribution in [2.45, 2.75) is 33.2 Å². The minimum absolute atomic E-state index is 0.00253. The van der Waals surface area contributed by atoms with Crippen LogP contribution in [-0.4, -0.2) is 20.8 Å². The van der Waals surface area contributed by atoms with Crippen LogP contribution < -0.4 is 20.9 Å². The second-order valence-corrected chi connectivity index (χ2v) is 5.74. The number of rotatable bonds is 6. The summed E-state index contributed by atoms with van der Waals surface area (Å²) in [4.78, 5) is 0. The minimum atomic E-state index is -0.122. The molecule has 0 spiro atoms. The Kier molecular flexibility index (Phi) is 5.20. The standard InChI is InChI=1S/C15H26N2O2/c1-10-6-14(19-5)11(7-13(10)18-4)12(17)8-15(2,3)9-16/h6-7,12H,8-9,16-17H2,1-5H3. The zero-order valence-corrected chi connectivity index (χ0v) is 12.6. The van der Waals surface area contributed by atoms with Crippen LogP contribution in [0.3, 0.4) is 0 Å². The SMILES string of the molecule is COc1cc(C(N)CC(C)(C)CN)c(OC)cc1C. The molecule has 108 valence electrons. The second kappa shape index (κ2) is 6.26. The van der Waals surface area contributed by atoms with E-state index in [1.165, 1.54) is 0 Å². The van der Waals surface area contributed by atoms with E-state index in [0.29, 0.717) is 6.54 Å². The van der Waals surface area contributed by atoms with Gasteiger partial charge in [0.2, 0.25) is 0 Å². The van der Waals surface area contributed by atoms with E-state index < -0.39 is 0 Å². The predicted molar refractivity (Wildman–Crippen MR) is 78.7 cm³/mol. The van der Waals surface area contributed by atoms with Gasteiger partial charge in [0.1, 0.15) is 11.5 Å². The normalized spacial score (nSPS) is 13.2. The lowest BCUT2D eigenvalue weighted by Gasteiger charge is -2.27. The Labute approximate surface area is 116 Å². The summed E-state index contributed by atoms with van der Waals surface area (Å²) >= 11 is 0. The lowest BCUT2D eigenvalue weighted by Crippen LogP contribution is -2.28. The molecule has 0 saturated carbocycles. The Morgan fingerprint density at radius 2 is 1.74 bits per heavy atom. The first kappa shape index (κ1) is 15.8. The smallest absolute Gasteiger partial charge is 0.124 e. The number of aryl methyl sites for hydroxylation is 1.